The van der Waals surface area contributed by atoms with Crippen LogP contribution < -0.4 is 10.6 Å². The number of hydrogen-bond acceptors (Lipinski definition) is 6. The van der Waals surface area contributed by atoms with Crippen molar-refractivity contribution < 1.29 is 0 Å². The van der Waals surface area contributed by atoms with E-state index in [0.717, 1.165) is 19.0 Å². The van der Waals surface area contributed by atoms with Gasteiger partial charge in [-0.3, -0.25) is 4.57 Å². The van der Waals surface area contributed by atoms with Crippen molar-refractivity contribution in [2.45, 2.75) is 26.2 Å². The average Bonchev–Trinajstić information content (AvgIpc) is 3.10. The largest absolute Gasteiger partial charge is 0.354 e. The summed E-state index contributed by atoms with van der Waals surface area (Å²) in [7, 11) is 0. The fraction of sp³-hybridized carbons (Fsp3) is 0.538. The summed E-state index contributed by atoms with van der Waals surface area (Å²) in [6, 6.07) is 0. The average molecular weight is 273 g/mol. The van der Waals surface area contributed by atoms with Crippen LogP contribution in [0.15, 0.2) is 18.7 Å². The highest BCUT2D eigenvalue weighted by molar-refractivity contribution is 5.37. The van der Waals surface area contributed by atoms with Crippen molar-refractivity contribution in [2.24, 2.45) is 5.92 Å². The first-order valence-electron chi connectivity index (χ1n) is 7.07. The molecule has 3 rings (SSSR count). The van der Waals surface area contributed by atoms with Crippen LogP contribution in [-0.2, 0) is 0 Å². The zero-order valence-corrected chi connectivity index (χ0v) is 11.6. The summed E-state index contributed by atoms with van der Waals surface area (Å²) in [5, 5.41) is 6.41. The summed E-state index contributed by atoms with van der Waals surface area (Å²) < 4.78 is 1.77. The Morgan fingerprint density at radius 2 is 2.00 bits per heavy atom. The minimum Gasteiger partial charge on any atom is -0.354 e. The Morgan fingerprint density at radius 1 is 1.20 bits per heavy atom. The number of anilines is 2. The molecule has 0 aliphatic heterocycles. The minimum atomic E-state index is 0.572. The zero-order valence-electron chi connectivity index (χ0n) is 11.6. The van der Waals surface area contributed by atoms with Crippen LogP contribution in [-0.4, -0.2) is 37.6 Å². The van der Waals surface area contributed by atoms with Crippen molar-refractivity contribution in [3.05, 3.63) is 18.7 Å². The van der Waals surface area contributed by atoms with Gasteiger partial charge >= 0.3 is 0 Å². The predicted octanol–water partition coefficient (Wildman–Crippen LogP) is 1.70. The molecule has 1 saturated carbocycles. The molecule has 1 aliphatic rings. The lowest BCUT2D eigenvalue weighted by Gasteiger charge is -2.09. The molecular weight excluding hydrogens is 254 g/mol. The van der Waals surface area contributed by atoms with E-state index in [9.17, 15) is 0 Å². The number of rotatable bonds is 7. The lowest BCUT2D eigenvalue weighted by molar-refractivity contribution is 0.753. The van der Waals surface area contributed by atoms with Crippen molar-refractivity contribution in [1.82, 2.24) is 24.5 Å². The standard InChI is InChI=1S/C13H19N7/c1-2-15-11-17-12(16-6-5-10-3-4-10)19-13(18-11)20-8-7-14-9-20/h7-10H,2-6H2,1H3,(H2,15,16,17,18,19). The summed E-state index contributed by atoms with van der Waals surface area (Å²) in [5.74, 6) is 2.66. The van der Waals surface area contributed by atoms with Gasteiger partial charge in [0.25, 0.3) is 0 Å². The van der Waals surface area contributed by atoms with Crippen LogP contribution in [0.2, 0.25) is 0 Å². The van der Waals surface area contributed by atoms with Crippen molar-refractivity contribution >= 4 is 11.9 Å². The topological polar surface area (TPSA) is 80.5 Å². The maximum atomic E-state index is 4.43. The molecule has 1 fully saturated rings. The maximum absolute atomic E-state index is 4.43. The second-order valence-electron chi connectivity index (χ2n) is 4.94. The lowest BCUT2D eigenvalue weighted by Crippen LogP contribution is -2.13. The molecule has 2 N–H and O–H groups in total. The van der Waals surface area contributed by atoms with E-state index in [4.69, 9.17) is 0 Å². The Hall–Kier alpha value is -2.18. The van der Waals surface area contributed by atoms with Crippen LogP contribution in [0.5, 0.6) is 0 Å². The quantitative estimate of drug-likeness (QED) is 0.799. The highest BCUT2D eigenvalue weighted by Gasteiger charge is 2.20. The van der Waals surface area contributed by atoms with Crippen LogP contribution in [0.25, 0.3) is 5.95 Å². The van der Waals surface area contributed by atoms with E-state index in [0.29, 0.717) is 17.8 Å². The molecular formula is C13H19N7. The molecule has 0 saturated heterocycles. The molecule has 0 bridgehead atoms. The second-order valence-corrected chi connectivity index (χ2v) is 4.94. The van der Waals surface area contributed by atoms with Gasteiger partial charge in [0.05, 0.1) is 0 Å². The summed E-state index contributed by atoms with van der Waals surface area (Å²) in [5.41, 5.74) is 0. The summed E-state index contributed by atoms with van der Waals surface area (Å²) in [6.45, 7) is 3.69. The predicted molar refractivity (Wildman–Crippen MR) is 76.9 cm³/mol. The third kappa shape index (κ3) is 3.23. The SMILES string of the molecule is CCNc1nc(NCCC2CC2)nc(-n2ccnc2)n1. The molecule has 7 nitrogen and oxygen atoms in total. The fourth-order valence-electron chi connectivity index (χ4n) is 1.97. The van der Waals surface area contributed by atoms with E-state index in [1.165, 1.54) is 19.3 Å². The first kappa shape index (κ1) is 12.8. The zero-order chi connectivity index (χ0) is 13.8. The number of imidazole rings is 1. The highest BCUT2D eigenvalue weighted by Crippen LogP contribution is 2.31. The molecule has 7 heteroatoms. The summed E-state index contributed by atoms with van der Waals surface area (Å²) >= 11 is 0. The van der Waals surface area contributed by atoms with Crippen LogP contribution in [0, 0.1) is 5.92 Å². The van der Waals surface area contributed by atoms with Crippen molar-refractivity contribution in [3.63, 3.8) is 0 Å². The van der Waals surface area contributed by atoms with Gasteiger partial charge in [-0.25, -0.2) is 4.98 Å². The Morgan fingerprint density at radius 3 is 2.65 bits per heavy atom. The van der Waals surface area contributed by atoms with Crippen molar-refractivity contribution in [1.29, 1.82) is 0 Å². The van der Waals surface area contributed by atoms with E-state index in [-0.39, 0.29) is 0 Å². The van der Waals surface area contributed by atoms with Gasteiger partial charge in [0.1, 0.15) is 6.33 Å². The molecule has 0 radical (unpaired) electrons. The molecule has 106 valence electrons. The van der Waals surface area contributed by atoms with Crippen molar-refractivity contribution in [2.75, 3.05) is 23.7 Å². The van der Waals surface area contributed by atoms with Gasteiger partial charge in [0.2, 0.25) is 17.8 Å². The normalized spacial score (nSPS) is 14.2. The van der Waals surface area contributed by atoms with Gasteiger partial charge in [-0.05, 0) is 19.3 Å². The number of nitrogens with one attached hydrogen (secondary N) is 2. The molecule has 2 aromatic heterocycles. The fourth-order valence-corrected chi connectivity index (χ4v) is 1.97. The number of aromatic nitrogens is 5. The van der Waals surface area contributed by atoms with E-state index in [1.807, 2.05) is 13.1 Å². The molecule has 0 amide bonds. The van der Waals surface area contributed by atoms with E-state index in [1.54, 1.807) is 17.1 Å². The van der Waals surface area contributed by atoms with E-state index >= 15 is 0 Å². The Kier molecular flexibility index (Phi) is 3.76. The molecule has 0 unspecified atom stereocenters. The molecule has 0 atom stereocenters. The van der Waals surface area contributed by atoms with Gasteiger partial charge in [-0.15, -0.1) is 0 Å². The van der Waals surface area contributed by atoms with Gasteiger partial charge < -0.3 is 10.6 Å². The smallest absolute Gasteiger partial charge is 0.241 e. The monoisotopic (exact) mass is 273 g/mol. The van der Waals surface area contributed by atoms with E-state index < -0.39 is 0 Å². The van der Waals surface area contributed by atoms with Crippen LogP contribution in [0.4, 0.5) is 11.9 Å². The molecule has 1 aliphatic carbocycles. The van der Waals surface area contributed by atoms with Crippen molar-refractivity contribution in [3.8, 4) is 5.95 Å². The van der Waals surface area contributed by atoms with E-state index in [2.05, 4.69) is 30.6 Å². The second kappa shape index (κ2) is 5.85. The lowest BCUT2D eigenvalue weighted by atomic mass is 10.3. The van der Waals surface area contributed by atoms with Gasteiger partial charge in [-0.2, -0.15) is 15.0 Å². The Bertz CT molecular complexity index is 548. The molecule has 20 heavy (non-hydrogen) atoms. The number of hydrogen-bond donors (Lipinski definition) is 2. The minimum absolute atomic E-state index is 0.572. The molecule has 2 aromatic rings. The van der Waals surface area contributed by atoms with Gasteiger partial charge in [0, 0.05) is 25.5 Å². The van der Waals surface area contributed by atoms with Crippen LogP contribution in [0.3, 0.4) is 0 Å². The first-order chi connectivity index (χ1) is 9.85. The molecule has 0 aromatic carbocycles. The highest BCUT2D eigenvalue weighted by atomic mass is 15.3. The Labute approximate surface area is 117 Å². The maximum Gasteiger partial charge on any atom is 0.241 e. The molecule has 0 spiro atoms. The Balaban J connectivity index is 1.76. The summed E-state index contributed by atoms with van der Waals surface area (Å²) in [6.07, 6.45) is 9.11. The van der Waals surface area contributed by atoms with Crippen LogP contribution >= 0.6 is 0 Å². The molecule has 2 heterocycles. The number of nitrogens with zero attached hydrogens (tertiary/aromatic N) is 5. The van der Waals surface area contributed by atoms with Crippen LogP contribution in [0.1, 0.15) is 26.2 Å². The van der Waals surface area contributed by atoms with Gasteiger partial charge in [0.15, 0.2) is 0 Å². The van der Waals surface area contributed by atoms with Gasteiger partial charge in [-0.1, -0.05) is 12.8 Å². The summed E-state index contributed by atoms with van der Waals surface area (Å²) in [4.78, 5) is 17.2. The third-order valence-electron chi connectivity index (χ3n) is 3.23. The third-order valence-corrected chi connectivity index (χ3v) is 3.23. The first-order valence-corrected chi connectivity index (χ1v) is 7.07.